The molecular weight excluding hydrogens is 158 g/mol. The zero-order valence-corrected chi connectivity index (χ0v) is 9.35. The van der Waals surface area contributed by atoms with Crippen molar-refractivity contribution in [3.63, 3.8) is 0 Å². The Labute approximate surface area is 82.1 Å². The van der Waals surface area contributed by atoms with Gasteiger partial charge >= 0.3 is 0 Å². The number of hydrogen-bond donors (Lipinski definition) is 0. The Hall–Kier alpha value is -0.510. The largest absolute Gasteiger partial charge is 0.198 e. The molecule has 1 fully saturated rings. The Morgan fingerprint density at radius 1 is 1.31 bits per heavy atom. The summed E-state index contributed by atoms with van der Waals surface area (Å²) in [6, 6.07) is 2.50. The minimum Gasteiger partial charge on any atom is -0.198 e. The summed E-state index contributed by atoms with van der Waals surface area (Å²) in [5, 5.41) is 9.15. The Balaban J connectivity index is 2.78. The van der Waals surface area contributed by atoms with Gasteiger partial charge in [0.2, 0.25) is 0 Å². The highest BCUT2D eigenvalue weighted by Crippen LogP contribution is 2.48. The predicted molar refractivity (Wildman–Crippen MR) is 55.1 cm³/mol. The molecule has 2 atom stereocenters. The van der Waals surface area contributed by atoms with E-state index in [0.29, 0.717) is 5.41 Å². The third-order valence-corrected chi connectivity index (χ3v) is 3.30. The van der Waals surface area contributed by atoms with E-state index >= 15 is 0 Å². The highest BCUT2D eigenvalue weighted by atomic mass is 14.5. The lowest BCUT2D eigenvalue weighted by Gasteiger charge is -2.43. The molecule has 2 unspecified atom stereocenters. The van der Waals surface area contributed by atoms with Gasteiger partial charge in [0.15, 0.2) is 0 Å². The smallest absolute Gasteiger partial charge is 0.0687 e. The van der Waals surface area contributed by atoms with Gasteiger partial charge in [-0.05, 0) is 37.5 Å². The number of hydrogen-bond acceptors (Lipinski definition) is 1. The molecule has 0 amide bonds. The molecule has 1 rings (SSSR count). The van der Waals surface area contributed by atoms with Gasteiger partial charge in [-0.3, -0.25) is 0 Å². The lowest BCUT2D eigenvalue weighted by Crippen LogP contribution is -2.34. The minimum atomic E-state index is -0.0670. The first kappa shape index (κ1) is 10.6. The second kappa shape index (κ2) is 3.33. The molecule has 1 saturated carbocycles. The van der Waals surface area contributed by atoms with Crippen molar-refractivity contribution in [3.8, 4) is 6.07 Å². The van der Waals surface area contributed by atoms with E-state index in [4.69, 9.17) is 5.26 Å². The van der Waals surface area contributed by atoms with Crippen LogP contribution >= 0.6 is 0 Å². The second-order valence-electron chi connectivity index (χ2n) is 5.70. The Kier molecular flexibility index (Phi) is 2.71. The van der Waals surface area contributed by atoms with Crippen LogP contribution in [0.1, 0.15) is 53.4 Å². The van der Waals surface area contributed by atoms with E-state index in [2.05, 4.69) is 33.8 Å². The summed E-state index contributed by atoms with van der Waals surface area (Å²) < 4.78 is 0. The fourth-order valence-corrected chi connectivity index (χ4v) is 3.07. The first-order valence-corrected chi connectivity index (χ1v) is 5.32. The predicted octanol–water partition coefficient (Wildman–Crippen LogP) is 3.75. The van der Waals surface area contributed by atoms with Crippen LogP contribution in [0.25, 0.3) is 0 Å². The van der Waals surface area contributed by atoms with Gasteiger partial charge in [-0.25, -0.2) is 0 Å². The molecule has 0 aromatic carbocycles. The quantitative estimate of drug-likeness (QED) is 0.601. The normalized spacial score (nSPS) is 38.2. The number of rotatable bonds is 1. The highest BCUT2D eigenvalue weighted by Gasteiger charge is 2.40. The second-order valence-corrected chi connectivity index (χ2v) is 5.70. The van der Waals surface area contributed by atoms with Crippen molar-refractivity contribution >= 4 is 0 Å². The lowest BCUT2D eigenvalue weighted by atomic mass is 9.61. The molecule has 1 nitrogen and oxygen atoms in total. The van der Waals surface area contributed by atoms with Gasteiger partial charge < -0.3 is 0 Å². The molecule has 1 heteroatoms. The maximum Gasteiger partial charge on any atom is 0.0687 e. The summed E-state index contributed by atoms with van der Waals surface area (Å²) >= 11 is 0. The van der Waals surface area contributed by atoms with Crippen molar-refractivity contribution < 1.29 is 0 Å². The molecule has 13 heavy (non-hydrogen) atoms. The molecule has 0 saturated heterocycles. The lowest BCUT2D eigenvalue weighted by molar-refractivity contribution is 0.0902. The molecule has 1 aliphatic carbocycles. The average molecular weight is 179 g/mol. The van der Waals surface area contributed by atoms with Crippen LogP contribution in [0.2, 0.25) is 0 Å². The van der Waals surface area contributed by atoms with Crippen LogP contribution in [-0.4, -0.2) is 0 Å². The zero-order valence-electron chi connectivity index (χ0n) is 9.35. The van der Waals surface area contributed by atoms with Crippen LogP contribution in [0.3, 0.4) is 0 Å². The number of nitrogens with zero attached hydrogens (tertiary/aromatic N) is 1. The Morgan fingerprint density at radius 2 is 1.92 bits per heavy atom. The molecule has 0 radical (unpaired) electrons. The minimum absolute atomic E-state index is 0.0670. The van der Waals surface area contributed by atoms with Crippen molar-refractivity contribution in [2.24, 2.45) is 16.7 Å². The standard InChI is InChI=1S/C12H21N/c1-5-10-6-11(2,3)8-12(4,7-10)9-13/h10H,5-8H2,1-4H3. The van der Waals surface area contributed by atoms with Crippen molar-refractivity contribution in [3.05, 3.63) is 0 Å². The van der Waals surface area contributed by atoms with Gasteiger partial charge in [-0.15, -0.1) is 0 Å². The van der Waals surface area contributed by atoms with Crippen molar-refractivity contribution in [1.29, 1.82) is 5.26 Å². The van der Waals surface area contributed by atoms with Crippen LogP contribution in [0.4, 0.5) is 0 Å². The summed E-state index contributed by atoms with van der Waals surface area (Å²) in [5.74, 6) is 0.758. The van der Waals surface area contributed by atoms with Crippen molar-refractivity contribution in [2.75, 3.05) is 0 Å². The van der Waals surface area contributed by atoms with Gasteiger partial charge in [0, 0.05) is 0 Å². The first-order valence-electron chi connectivity index (χ1n) is 5.32. The summed E-state index contributed by atoms with van der Waals surface area (Å²) in [6.07, 6.45) is 4.68. The summed E-state index contributed by atoms with van der Waals surface area (Å²) in [5.41, 5.74) is 0.297. The SMILES string of the molecule is CCC1CC(C)(C)CC(C)(C#N)C1. The van der Waals surface area contributed by atoms with Gasteiger partial charge in [-0.1, -0.05) is 27.2 Å². The molecule has 0 heterocycles. The molecule has 0 aromatic heterocycles. The van der Waals surface area contributed by atoms with Crippen LogP contribution in [0.5, 0.6) is 0 Å². The molecule has 74 valence electrons. The van der Waals surface area contributed by atoms with Gasteiger partial charge in [0.1, 0.15) is 0 Å². The highest BCUT2D eigenvalue weighted by molar-refractivity contribution is 5.03. The average Bonchev–Trinajstić information content (AvgIpc) is 2.01. The summed E-state index contributed by atoms with van der Waals surface area (Å²) in [6.45, 7) is 8.95. The zero-order chi connectivity index (χ0) is 10.1. The molecule has 0 bridgehead atoms. The van der Waals surface area contributed by atoms with Gasteiger partial charge in [0.25, 0.3) is 0 Å². The van der Waals surface area contributed by atoms with Crippen molar-refractivity contribution in [2.45, 2.75) is 53.4 Å². The van der Waals surface area contributed by atoms with E-state index < -0.39 is 0 Å². The van der Waals surface area contributed by atoms with Gasteiger partial charge in [-0.2, -0.15) is 5.26 Å². The fourth-order valence-electron chi connectivity index (χ4n) is 3.07. The molecule has 1 aliphatic rings. The topological polar surface area (TPSA) is 23.8 Å². The third kappa shape index (κ3) is 2.46. The molecular formula is C12H21N. The van der Waals surface area contributed by atoms with Crippen LogP contribution in [-0.2, 0) is 0 Å². The Morgan fingerprint density at radius 3 is 2.38 bits per heavy atom. The number of nitriles is 1. The first-order chi connectivity index (χ1) is 5.91. The van der Waals surface area contributed by atoms with E-state index in [1.165, 1.54) is 12.8 Å². The van der Waals surface area contributed by atoms with Crippen LogP contribution < -0.4 is 0 Å². The molecule has 0 aromatic rings. The van der Waals surface area contributed by atoms with Crippen molar-refractivity contribution in [1.82, 2.24) is 0 Å². The molecule has 0 spiro atoms. The van der Waals surface area contributed by atoms with E-state index in [-0.39, 0.29) is 5.41 Å². The third-order valence-electron chi connectivity index (χ3n) is 3.30. The van der Waals surface area contributed by atoms with E-state index in [9.17, 15) is 0 Å². The molecule has 0 N–H and O–H groups in total. The Bertz CT molecular complexity index is 224. The maximum absolute atomic E-state index is 9.15. The monoisotopic (exact) mass is 179 g/mol. The van der Waals surface area contributed by atoms with E-state index in [1.54, 1.807) is 0 Å². The van der Waals surface area contributed by atoms with Gasteiger partial charge in [0.05, 0.1) is 11.5 Å². The fraction of sp³-hybridized carbons (Fsp3) is 0.917. The molecule has 0 aliphatic heterocycles. The summed E-state index contributed by atoms with van der Waals surface area (Å²) in [4.78, 5) is 0. The summed E-state index contributed by atoms with van der Waals surface area (Å²) in [7, 11) is 0. The maximum atomic E-state index is 9.15. The van der Waals surface area contributed by atoms with Crippen LogP contribution in [0.15, 0.2) is 0 Å². The van der Waals surface area contributed by atoms with E-state index in [1.807, 2.05) is 0 Å². The van der Waals surface area contributed by atoms with E-state index in [0.717, 1.165) is 18.8 Å². The van der Waals surface area contributed by atoms with Crippen LogP contribution in [0, 0.1) is 28.1 Å².